The van der Waals surface area contributed by atoms with Crippen LogP contribution >= 0.6 is 0 Å². The highest BCUT2D eigenvalue weighted by atomic mass is 19.1. The monoisotopic (exact) mass is 451 g/mol. The molecule has 0 atom stereocenters. The highest BCUT2D eigenvalue weighted by Gasteiger charge is 2.21. The molecule has 3 heterocycles. The van der Waals surface area contributed by atoms with Crippen LogP contribution < -0.4 is 5.32 Å². The lowest BCUT2D eigenvalue weighted by Crippen LogP contribution is -2.43. The van der Waals surface area contributed by atoms with E-state index in [9.17, 15) is 13.6 Å². The zero-order chi connectivity index (χ0) is 22.9. The van der Waals surface area contributed by atoms with Crippen molar-refractivity contribution in [2.24, 2.45) is 0 Å². The Morgan fingerprint density at radius 1 is 1.09 bits per heavy atom. The normalized spacial score (nSPS) is 15.2. The number of H-pyrrole nitrogens is 2. The number of carbonyl (C=O) groups excluding carboxylic acids is 1. The fourth-order valence-electron chi connectivity index (χ4n) is 4.05. The molecule has 0 saturated carbocycles. The minimum Gasteiger partial charge on any atom is -0.337 e. The molecule has 0 spiro atoms. The molecule has 10 heteroatoms. The summed E-state index contributed by atoms with van der Waals surface area (Å²) < 4.78 is 28.0. The number of hydrogen-bond donors (Lipinski definition) is 3. The Balaban J connectivity index is 1.42. The van der Waals surface area contributed by atoms with Crippen LogP contribution in [0.2, 0.25) is 0 Å². The van der Waals surface area contributed by atoms with Crippen molar-refractivity contribution >= 4 is 22.6 Å². The Kier molecular flexibility index (Phi) is 5.61. The van der Waals surface area contributed by atoms with Crippen LogP contribution in [0.25, 0.3) is 22.6 Å². The van der Waals surface area contributed by atoms with Gasteiger partial charge < -0.3 is 15.2 Å². The van der Waals surface area contributed by atoms with Gasteiger partial charge in [0.05, 0.1) is 22.9 Å². The number of anilines is 1. The van der Waals surface area contributed by atoms with Crippen LogP contribution in [0.3, 0.4) is 0 Å². The number of hydrogen-bond acceptors (Lipinski definition) is 5. The zero-order valence-corrected chi connectivity index (χ0v) is 18.0. The van der Waals surface area contributed by atoms with Gasteiger partial charge in [-0.25, -0.2) is 13.8 Å². The fourth-order valence-corrected chi connectivity index (χ4v) is 4.05. The third-order valence-corrected chi connectivity index (χ3v) is 5.90. The van der Waals surface area contributed by atoms with Gasteiger partial charge >= 0.3 is 0 Å². The number of halogens is 2. The molecule has 170 valence electrons. The van der Waals surface area contributed by atoms with E-state index in [1.54, 1.807) is 0 Å². The number of rotatable bonds is 5. The van der Waals surface area contributed by atoms with Gasteiger partial charge in [-0.05, 0) is 30.8 Å². The number of para-hydroxylation sites is 1. The first-order chi connectivity index (χ1) is 16.0. The van der Waals surface area contributed by atoms with Gasteiger partial charge in [0.1, 0.15) is 22.9 Å². The molecule has 8 nitrogen and oxygen atoms in total. The molecule has 33 heavy (non-hydrogen) atoms. The summed E-state index contributed by atoms with van der Waals surface area (Å²) in [5, 5.41) is 9.33. The molecule has 2 aromatic heterocycles. The van der Waals surface area contributed by atoms with E-state index < -0.39 is 23.1 Å². The van der Waals surface area contributed by atoms with E-state index in [0.717, 1.165) is 61.5 Å². The van der Waals surface area contributed by atoms with Crippen molar-refractivity contribution in [2.75, 3.05) is 38.5 Å². The quantitative estimate of drug-likeness (QED) is 0.433. The molecule has 0 aliphatic carbocycles. The van der Waals surface area contributed by atoms with Crippen molar-refractivity contribution in [3.63, 3.8) is 0 Å². The van der Waals surface area contributed by atoms with Gasteiger partial charge in [-0.3, -0.25) is 14.8 Å². The number of aromatic amines is 2. The van der Waals surface area contributed by atoms with Crippen molar-refractivity contribution in [1.82, 2.24) is 30.0 Å². The highest BCUT2D eigenvalue weighted by molar-refractivity contribution is 6.06. The molecule has 1 fully saturated rings. The standard InChI is InChI=1S/C23H23F2N7O/c1-31-8-10-32(11-9-31)13-14-4-2-7-17-20(14)29-22(27-17)21-18(12-26-30-21)28-23(33)19-15(24)5-3-6-16(19)25/h2-7,12H,8-11,13H2,1H3,(H,26,30)(H,27,29)(H,28,33). The fraction of sp³-hybridized carbons (Fsp3) is 0.261. The molecule has 2 aromatic carbocycles. The van der Waals surface area contributed by atoms with E-state index >= 15 is 0 Å². The number of carbonyl (C=O) groups is 1. The second-order valence-corrected chi connectivity index (χ2v) is 8.19. The lowest BCUT2D eigenvalue weighted by atomic mass is 10.1. The Bertz CT molecular complexity index is 1290. The second-order valence-electron chi connectivity index (χ2n) is 8.19. The van der Waals surface area contributed by atoms with Crippen LogP contribution in [0.1, 0.15) is 15.9 Å². The Morgan fingerprint density at radius 2 is 1.82 bits per heavy atom. The van der Waals surface area contributed by atoms with Gasteiger partial charge in [0, 0.05) is 32.7 Å². The summed E-state index contributed by atoms with van der Waals surface area (Å²) in [7, 11) is 2.12. The molecule has 1 aliphatic heterocycles. The predicted octanol–water partition coefficient (Wildman–Crippen LogP) is 3.23. The van der Waals surface area contributed by atoms with Gasteiger partial charge in [0.15, 0.2) is 5.82 Å². The number of piperazine rings is 1. The SMILES string of the molecule is CN1CCN(Cc2cccc3[nH]c(-c4[nH]ncc4NC(=O)c4c(F)cccc4F)nc23)CC1. The number of amides is 1. The lowest BCUT2D eigenvalue weighted by molar-refractivity contribution is 0.101. The van der Waals surface area contributed by atoms with Crippen LogP contribution in [0.5, 0.6) is 0 Å². The Labute approximate surface area is 188 Å². The summed E-state index contributed by atoms with van der Waals surface area (Å²) in [5.74, 6) is -2.30. The first-order valence-electron chi connectivity index (χ1n) is 10.7. The van der Waals surface area contributed by atoms with Gasteiger partial charge in [0.25, 0.3) is 5.91 Å². The van der Waals surface area contributed by atoms with Gasteiger partial charge in [0.2, 0.25) is 0 Å². The number of benzene rings is 2. The first-order valence-corrected chi connectivity index (χ1v) is 10.7. The van der Waals surface area contributed by atoms with Crippen molar-refractivity contribution in [2.45, 2.75) is 6.54 Å². The summed E-state index contributed by atoms with van der Waals surface area (Å²) in [6.45, 7) is 4.83. The second kappa shape index (κ2) is 8.72. The molecule has 4 aromatic rings. The van der Waals surface area contributed by atoms with E-state index in [0.29, 0.717) is 11.5 Å². The molecule has 0 unspecified atom stereocenters. The number of nitrogens with one attached hydrogen (secondary N) is 3. The van der Waals surface area contributed by atoms with Crippen LogP contribution in [-0.4, -0.2) is 69.1 Å². The van der Waals surface area contributed by atoms with E-state index in [-0.39, 0.29) is 5.69 Å². The average Bonchev–Trinajstić information content (AvgIpc) is 3.42. The summed E-state index contributed by atoms with van der Waals surface area (Å²) in [4.78, 5) is 25.2. The molecule has 0 radical (unpaired) electrons. The van der Waals surface area contributed by atoms with Crippen LogP contribution in [-0.2, 0) is 6.54 Å². The van der Waals surface area contributed by atoms with Crippen LogP contribution in [0.4, 0.5) is 14.5 Å². The van der Waals surface area contributed by atoms with Crippen LogP contribution in [0.15, 0.2) is 42.6 Å². The van der Waals surface area contributed by atoms with Gasteiger partial charge in [-0.1, -0.05) is 18.2 Å². The van der Waals surface area contributed by atoms with E-state index in [1.807, 2.05) is 12.1 Å². The molecule has 0 bridgehead atoms. The minimum absolute atomic E-state index is 0.266. The third-order valence-electron chi connectivity index (χ3n) is 5.90. The summed E-state index contributed by atoms with van der Waals surface area (Å²) in [6.07, 6.45) is 1.38. The van der Waals surface area contributed by atoms with Crippen molar-refractivity contribution in [3.8, 4) is 11.5 Å². The molecule has 5 rings (SSSR count). The molecular weight excluding hydrogens is 428 g/mol. The summed E-state index contributed by atoms with van der Waals surface area (Å²) >= 11 is 0. The maximum Gasteiger partial charge on any atom is 0.261 e. The highest BCUT2D eigenvalue weighted by Crippen LogP contribution is 2.28. The van der Waals surface area contributed by atoms with E-state index in [4.69, 9.17) is 4.98 Å². The molecule has 1 aliphatic rings. The molecular formula is C23H23F2N7O. The summed E-state index contributed by atoms with van der Waals surface area (Å²) in [5.41, 5.74) is 2.81. The topological polar surface area (TPSA) is 92.9 Å². The number of fused-ring (bicyclic) bond motifs is 1. The smallest absolute Gasteiger partial charge is 0.261 e. The maximum absolute atomic E-state index is 14.0. The number of likely N-dealkylation sites (N-methyl/N-ethyl adjacent to an activating group) is 1. The number of imidazole rings is 1. The maximum atomic E-state index is 14.0. The number of aromatic nitrogens is 4. The average molecular weight is 451 g/mol. The lowest BCUT2D eigenvalue weighted by Gasteiger charge is -2.32. The molecule has 1 amide bonds. The third kappa shape index (κ3) is 4.22. The van der Waals surface area contributed by atoms with Crippen molar-refractivity contribution in [3.05, 3.63) is 65.4 Å². The van der Waals surface area contributed by atoms with Crippen molar-refractivity contribution < 1.29 is 13.6 Å². The van der Waals surface area contributed by atoms with Crippen molar-refractivity contribution in [1.29, 1.82) is 0 Å². The Morgan fingerprint density at radius 3 is 2.58 bits per heavy atom. The molecule has 3 N–H and O–H groups in total. The largest absolute Gasteiger partial charge is 0.337 e. The first kappa shape index (κ1) is 21.2. The summed E-state index contributed by atoms with van der Waals surface area (Å²) in [6, 6.07) is 9.25. The molecule has 1 saturated heterocycles. The van der Waals surface area contributed by atoms with E-state index in [2.05, 4.69) is 43.4 Å². The Hall–Kier alpha value is -3.63. The van der Waals surface area contributed by atoms with Crippen LogP contribution in [0, 0.1) is 11.6 Å². The minimum atomic E-state index is -0.935. The number of nitrogens with zero attached hydrogens (tertiary/aromatic N) is 4. The van der Waals surface area contributed by atoms with Gasteiger partial charge in [-0.2, -0.15) is 5.10 Å². The zero-order valence-electron chi connectivity index (χ0n) is 18.0. The van der Waals surface area contributed by atoms with E-state index in [1.165, 1.54) is 12.3 Å². The predicted molar refractivity (Wildman–Crippen MR) is 121 cm³/mol. The van der Waals surface area contributed by atoms with Gasteiger partial charge in [-0.15, -0.1) is 0 Å².